The fourth-order valence-electron chi connectivity index (χ4n) is 6.71. The summed E-state index contributed by atoms with van der Waals surface area (Å²) in [6, 6.07) is 10.8. The summed E-state index contributed by atoms with van der Waals surface area (Å²) >= 11 is 0. The molecule has 3 heterocycles. The summed E-state index contributed by atoms with van der Waals surface area (Å²) in [5, 5.41) is 8.85. The van der Waals surface area contributed by atoms with Crippen molar-refractivity contribution in [3.05, 3.63) is 76.4 Å². The van der Waals surface area contributed by atoms with E-state index in [1.807, 2.05) is 24.7 Å². The Morgan fingerprint density at radius 3 is 2.55 bits per heavy atom. The quantitative estimate of drug-likeness (QED) is 0.209. The first-order chi connectivity index (χ1) is 20.2. The molecule has 0 N–H and O–H groups in total. The molecule has 1 saturated heterocycles. The van der Waals surface area contributed by atoms with Gasteiger partial charge in [-0.15, -0.1) is 5.10 Å². The summed E-state index contributed by atoms with van der Waals surface area (Å²) < 4.78 is 9.53. The van der Waals surface area contributed by atoms with E-state index in [4.69, 9.17) is 9.72 Å². The van der Waals surface area contributed by atoms with E-state index < -0.39 is 5.41 Å². The van der Waals surface area contributed by atoms with Crippen molar-refractivity contribution < 1.29 is 9.53 Å². The van der Waals surface area contributed by atoms with Gasteiger partial charge in [-0.1, -0.05) is 42.8 Å². The van der Waals surface area contributed by atoms with E-state index in [0.29, 0.717) is 0 Å². The third kappa shape index (κ3) is 5.74. The van der Waals surface area contributed by atoms with Gasteiger partial charge in [0, 0.05) is 31.4 Å². The first-order valence-electron chi connectivity index (χ1n) is 15.4. The minimum atomic E-state index is -0.814. The predicted octanol–water partition coefficient (Wildman–Crippen LogP) is 6.27. The average Bonchev–Trinajstić information content (AvgIpc) is 3.62. The molecule has 1 aliphatic heterocycles. The van der Waals surface area contributed by atoms with Crippen LogP contribution in [0.5, 0.6) is 0 Å². The van der Waals surface area contributed by atoms with Crippen LogP contribution >= 0.6 is 0 Å². The number of nitrogens with zero attached hydrogens (tertiary/aromatic N) is 6. The topological polar surface area (TPSA) is 78.1 Å². The smallest absolute Gasteiger partial charge is 0.312 e. The second-order valence-electron chi connectivity index (χ2n) is 12.5. The molecule has 0 bridgehead atoms. The van der Waals surface area contributed by atoms with Crippen molar-refractivity contribution in [1.82, 2.24) is 29.4 Å². The minimum absolute atomic E-state index is 0.234. The van der Waals surface area contributed by atoms with Crippen LogP contribution in [0.2, 0.25) is 0 Å². The first-order valence-corrected chi connectivity index (χ1v) is 15.4. The van der Waals surface area contributed by atoms with E-state index in [9.17, 15) is 4.79 Å². The molecule has 0 aliphatic carbocycles. The van der Waals surface area contributed by atoms with Gasteiger partial charge in [-0.25, -0.2) is 9.67 Å². The molecule has 1 fully saturated rings. The lowest BCUT2D eigenvalue weighted by atomic mass is 9.69. The van der Waals surface area contributed by atoms with Crippen molar-refractivity contribution in [1.29, 1.82) is 0 Å². The highest BCUT2D eigenvalue weighted by atomic mass is 16.5. The van der Waals surface area contributed by atoms with Gasteiger partial charge in [0.15, 0.2) is 0 Å². The number of imidazole rings is 1. The van der Waals surface area contributed by atoms with E-state index in [0.717, 1.165) is 72.2 Å². The van der Waals surface area contributed by atoms with Crippen molar-refractivity contribution >= 4 is 17.0 Å². The van der Waals surface area contributed by atoms with Crippen molar-refractivity contribution in [3.8, 4) is 0 Å². The highest BCUT2D eigenvalue weighted by Crippen LogP contribution is 2.44. The largest absolute Gasteiger partial charge is 0.469 e. The highest BCUT2D eigenvalue weighted by molar-refractivity contribution is 5.82. The zero-order chi connectivity index (χ0) is 30.0. The van der Waals surface area contributed by atoms with E-state index in [2.05, 4.69) is 84.0 Å². The Kier molecular flexibility index (Phi) is 8.83. The number of hydrogen-bond donors (Lipinski definition) is 0. The number of hydrogen-bond acceptors (Lipinski definition) is 6. The Hall–Kier alpha value is -3.52. The summed E-state index contributed by atoms with van der Waals surface area (Å²) in [5.74, 6) is 1.48. The summed E-state index contributed by atoms with van der Waals surface area (Å²) in [6.07, 6.45) is 7.83. The number of aromatic nitrogens is 5. The molecule has 1 unspecified atom stereocenters. The molecule has 1 atom stereocenters. The third-order valence-electron chi connectivity index (χ3n) is 9.52. The average molecular weight is 571 g/mol. The van der Waals surface area contributed by atoms with Gasteiger partial charge in [-0.3, -0.25) is 9.69 Å². The molecule has 0 amide bonds. The number of benzene rings is 2. The molecule has 8 nitrogen and oxygen atoms in total. The standard InChI is InChI=1S/C34H46N6O2/c1-8-25-14-17-38(18-15-25)22-30-35-16-19-39(30)21-27-20-26(11-10-23(27)3)31(34(5,6)33(41)42-7)28-12-13-29-32(24(28)4)36-37-40(29)9-2/h10-13,16,19-20,25,31H,8-9,14-15,17-18,21-22H2,1-7H3. The Morgan fingerprint density at radius 2 is 1.86 bits per heavy atom. The summed E-state index contributed by atoms with van der Waals surface area (Å²) in [7, 11) is 1.47. The lowest BCUT2D eigenvalue weighted by molar-refractivity contribution is -0.151. The maximum atomic E-state index is 13.3. The van der Waals surface area contributed by atoms with E-state index in [1.54, 1.807) is 0 Å². The SMILES string of the molecule is CCC1CCN(Cc2nccn2Cc2cc(C(c3ccc4c(nnn4CC)c3C)C(C)(C)C(=O)OC)ccc2C)CC1. The van der Waals surface area contributed by atoms with Gasteiger partial charge in [0.1, 0.15) is 11.3 Å². The van der Waals surface area contributed by atoms with Crippen LogP contribution in [-0.2, 0) is 29.2 Å². The molecule has 0 saturated carbocycles. The number of carbonyl (C=O) groups is 1. The van der Waals surface area contributed by atoms with E-state index in [-0.39, 0.29) is 11.9 Å². The molecule has 5 rings (SSSR count). The van der Waals surface area contributed by atoms with Gasteiger partial charge in [-0.2, -0.15) is 0 Å². The maximum Gasteiger partial charge on any atom is 0.312 e. The van der Waals surface area contributed by atoms with Gasteiger partial charge in [0.2, 0.25) is 0 Å². The number of ether oxygens (including phenoxy) is 1. The Morgan fingerprint density at radius 1 is 1.10 bits per heavy atom. The monoisotopic (exact) mass is 570 g/mol. The Bertz CT molecular complexity index is 1540. The van der Waals surface area contributed by atoms with E-state index >= 15 is 0 Å². The Balaban J connectivity index is 1.50. The zero-order valence-electron chi connectivity index (χ0n) is 26.4. The molecule has 4 aromatic rings. The molecule has 2 aromatic heterocycles. The number of piperidine rings is 1. The fourth-order valence-corrected chi connectivity index (χ4v) is 6.71. The predicted molar refractivity (Wildman–Crippen MR) is 166 cm³/mol. The maximum absolute atomic E-state index is 13.3. The number of methoxy groups -OCH3 is 1. The van der Waals surface area contributed by atoms with Gasteiger partial charge in [0.05, 0.1) is 24.6 Å². The van der Waals surface area contributed by atoms with Crippen LogP contribution in [0.3, 0.4) is 0 Å². The van der Waals surface area contributed by atoms with Gasteiger partial charge >= 0.3 is 5.97 Å². The molecular formula is C34H46N6O2. The lowest BCUT2D eigenvalue weighted by Crippen LogP contribution is -2.34. The normalized spacial score (nSPS) is 15.8. The number of aryl methyl sites for hydroxylation is 3. The molecule has 2 aromatic carbocycles. The van der Waals surface area contributed by atoms with Crippen molar-refractivity contribution in [2.75, 3.05) is 20.2 Å². The molecule has 42 heavy (non-hydrogen) atoms. The number of esters is 1. The molecular weight excluding hydrogens is 524 g/mol. The lowest BCUT2D eigenvalue weighted by Gasteiger charge is -2.34. The molecule has 8 heteroatoms. The van der Waals surface area contributed by atoms with Crippen LogP contribution < -0.4 is 0 Å². The van der Waals surface area contributed by atoms with Crippen molar-refractivity contribution in [2.45, 2.75) is 86.4 Å². The van der Waals surface area contributed by atoms with Crippen LogP contribution in [0, 0.1) is 25.2 Å². The molecule has 224 valence electrons. The van der Waals surface area contributed by atoms with Gasteiger partial charge in [0.25, 0.3) is 0 Å². The molecule has 1 aliphatic rings. The fraction of sp³-hybridized carbons (Fsp3) is 0.529. The van der Waals surface area contributed by atoms with Crippen LogP contribution in [-0.4, -0.2) is 55.6 Å². The zero-order valence-corrected chi connectivity index (χ0v) is 26.4. The Labute approximate surface area is 250 Å². The third-order valence-corrected chi connectivity index (χ3v) is 9.52. The minimum Gasteiger partial charge on any atom is -0.469 e. The van der Waals surface area contributed by atoms with Crippen molar-refractivity contribution in [2.24, 2.45) is 11.3 Å². The van der Waals surface area contributed by atoms with Crippen LogP contribution in [0.4, 0.5) is 0 Å². The summed E-state index contributed by atoms with van der Waals surface area (Å²) in [6.45, 7) is 17.2. The molecule has 0 radical (unpaired) electrons. The summed E-state index contributed by atoms with van der Waals surface area (Å²) in [5.41, 5.74) is 6.69. The van der Waals surface area contributed by atoms with Crippen LogP contribution in [0.1, 0.15) is 86.5 Å². The molecule has 0 spiro atoms. The van der Waals surface area contributed by atoms with Gasteiger partial charge < -0.3 is 9.30 Å². The number of carbonyl (C=O) groups excluding carboxylic acids is 1. The highest BCUT2D eigenvalue weighted by Gasteiger charge is 2.41. The summed E-state index contributed by atoms with van der Waals surface area (Å²) in [4.78, 5) is 20.5. The van der Waals surface area contributed by atoms with Crippen molar-refractivity contribution in [3.63, 3.8) is 0 Å². The van der Waals surface area contributed by atoms with E-state index in [1.165, 1.54) is 37.5 Å². The first kappa shape index (κ1) is 30.0. The van der Waals surface area contributed by atoms with Gasteiger partial charge in [-0.05, 0) is 100 Å². The second-order valence-corrected chi connectivity index (χ2v) is 12.5. The number of rotatable bonds is 10. The number of likely N-dealkylation sites (tertiary alicyclic amines) is 1. The van der Waals surface area contributed by atoms with Crippen LogP contribution in [0.15, 0.2) is 42.7 Å². The number of fused-ring (bicyclic) bond motifs is 1. The second kappa shape index (κ2) is 12.4. The van der Waals surface area contributed by atoms with Crippen LogP contribution in [0.25, 0.3) is 11.0 Å².